The van der Waals surface area contributed by atoms with Gasteiger partial charge >= 0.3 is 6.18 Å². The van der Waals surface area contributed by atoms with Crippen LogP contribution in [-0.4, -0.2) is 42.8 Å². The summed E-state index contributed by atoms with van der Waals surface area (Å²) in [6.07, 6.45) is -1.88. The molecular weight excluding hydrogens is 392 g/mol. The Balaban J connectivity index is 1.60. The second kappa shape index (κ2) is 9.15. The number of methoxy groups -OCH3 is 1. The van der Waals surface area contributed by atoms with Crippen molar-refractivity contribution in [1.82, 2.24) is 15.6 Å². The van der Waals surface area contributed by atoms with E-state index < -0.39 is 17.9 Å². The number of halogens is 4. The van der Waals surface area contributed by atoms with Crippen LogP contribution >= 0.6 is 0 Å². The summed E-state index contributed by atoms with van der Waals surface area (Å²) in [6.45, 7) is 0.865. The molecule has 1 saturated carbocycles. The average Bonchev–Trinajstić information content (AvgIpc) is 3.22. The van der Waals surface area contributed by atoms with Gasteiger partial charge in [0, 0.05) is 18.2 Å². The minimum Gasteiger partial charge on any atom is -0.481 e. The molecule has 1 aromatic heterocycles. The minimum absolute atomic E-state index is 0.0131. The molecule has 29 heavy (non-hydrogen) atoms. The molecule has 0 radical (unpaired) electrons. The van der Waals surface area contributed by atoms with Crippen LogP contribution in [0.25, 0.3) is 0 Å². The number of anilines is 1. The second-order valence-electron chi connectivity index (χ2n) is 7.59. The molecular formula is C19H26F4N4O2. The molecule has 1 atom stereocenters. The molecule has 1 saturated heterocycles. The second-order valence-corrected chi connectivity index (χ2v) is 7.59. The fraction of sp³-hybridized carbons (Fsp3) is 0.684. The lowest BCUT2D eigenvalue weighted by Gasteiger charge is -2.30. The van der Waals surface area contributed by atoms with E-state index in [1.807, 2.05) is 0 Å². The monoisotopic (exact) mass is 418 g/mol. The maximum absolute atomic E-state index is 14.5. The molecule has 0 unspecified atom stereocenters. The fourth-order valence-corrected chi connectivity index (χ4v) is 3.89. The molecule has 3 rings (SSSR count). The zero-order valence-corrected chi connectivity index (χ0v) is 16.2. The van der Waals surface area contributed by atoms with E-state index in [1.54, 1.807) is 0 Å². The Morgan fingerprint density at radius 3 is 2.59 bits per heavy atom. The predicted octanol–water partition coefficient (Wildman–Crippen LogP) is 3.13. The summed E-state index contributed by atoms with van der Waals surface area (Å²) < 4.78 is 58.1. The summed E-state index contributed by atoms with van der Waals surface area (Å²) in [6, 6.07) is 0.712. The normalized spacial score (nSPS) is 24.9. The van der Waals surface area contributed by atoms with Crippen LogP contribution in [0.5, 0.6) is 5.88 Å². The van der Waals surface area contributed by atoms with Gasteiger partial charge in [-0.3, -0.25) is 4.79 Å². The van der Waals surface area contributed by atoms with Crippen molar-refractivity contribution in [1.29, 1.82) is 0 Å². The molecule has 0 spiro atoms. The van der Waals surface area contributed by atoms with Gasteiger partial charge in [-0.25, -0.2) is 4.39 Å². The summed E-state index contributed by atoms with van der Waals surface area (Å²) >= 11 is 0. The zero-order chi connectivity index (χ0) is 21.0. The van der Waals surface area contributed by atoms with Gasteiger partial charge in [-0.05, 0) is 51.1 Å². The van der Waals surface area contributed by atoms with Crippen molar-refractivity contribution in [3.05, 3.63) is 17.4 Å². The first-order valence-electron chi connectivity index (χ1n) is 9.85. The van der Waals surface area contributed by atoms with Crippen molar-refractivity contribution in [2.45, 2.75) is 63.3 Å². The summed E-state index contributed by atoms with van der Waals surface area (Å²) in [7, 11) is 1.39. The highest BCUT2D eigenvalue weighted by Crippen LogP contribution is 2.38. The molecule has 1 aromatic rings. The van der Waals surface area contributed by atoms with Gasteiger partial charge in [-0.1, -0.05) is 0 Å². The van der Waals surface area contributed by atoms with Crippen LogP contribution in [0.1, 0.15) is 44.1 Å². The van der Waals surface area contributed by atoms with Gasteiger partial charge in [0.25, 0.3) is 0 Å². The third-order valence-electron chi connectivity index (χ3n) is 5.57. The van der Waals surface area contributed by atoms with Crippen molar-refractivity contribution >= 4 is 11.7 Å². The van der Waals surface area contributed by atoms with E-state index >= 15 is 0 Å². The molecule has 1 amide bonds. The van der Waals surface area contributed by atoms with Crippen LogP contribution in [0.4, 0.5) is 23.4 Å². The number of alkyl halides is 3. The molecule has 0 aromatic carbocycles. The zero-order valence-electron chi connectivity index (χ0n) is 16.2. The quantitative estimate of drug-likeness (QED) is 0.619. The van der Waals surface area contributed by atoms with E-state index in [0.717, 1.165) is 19.4 Å². The number of amides is 1. The van der Waals surface area contributed by atoms with Crippen LogP contribution in [-0.2, 0) is 11.3 Å². The Bertz CT molecular complexity index is 715. The number of carbonyl (C=O) groups is 1. The van der Waals surface area contributed by atoms with E-state index in [-0.39, 0.29) is 49.1 Å². The summed E-state index contributed by atoms with van der Waals surface area (Å²) in [5.74, 6) is -1.98. The summed E-state index contributed by atoms with van der Waals surface area (Å²) in [4.78, 5) is 16.2. The van der Waals surface area contributed by atoms with Crippen LogP contribution in [0.2, 0.25) is 0 Å². The van der Waals surface area contributed by atoms with E-state index in [4.69, 9.17) is 4.74 Å². The Hall–Kier alpha value is -2.10. The number of nitrogens with zero attached hydrogens (tertiary/aromatic N) is 1. The highest BCUT2D eigenvalue weighted by atomic mass is 19.4. The molecule has 1 aliphatic carbocycles. The van der Waals surface area contributed by atoms with Gasteiger partial charge in [0.1, 0.15) is 0 Å². The van der Waals surface area contributed by atoms with Gasteiger partial charge in [-0.15, -0.1) is 0 Å². The van der Waals surface area contributed by atoms with E-state index in [0.29, 0.717) is 18.4 Å². The molecule has 2 aliphatic rings. The van der Waals surface area contributed by atoms with Gasteiger partial charge in [0.15, 0.2) is 11.6 Å². The topological polar surface area (TPSA) is 75.3 Å². The Morgan fingerprint density at radius 2 is 2.00 bits per heavy atom. The van der Waals surface area contributed by atoms with Crippen LogP contribution in [0.3, 0.4) is 0 Å². The Morgan fingerprint density at radius 1 is 1.28 bits per heavy atom. The first kappa shape index (κ1) is 21.6. The smallest absolute Gasteiger partial charge is 0.391 e. The first-order valence-corrected chi connectivity index (χ1v) is 9.85. The third kappa shape index (κ3) is 5.49. The lowest BCUT2D eigenvalue weighted by atomic mass is 9.85. The highest BCUT2D eigenvalue weighted by molar-refractivity contribution is 5.82. The van der Waals surface area contributed by atoms with E-state index in [2.05, 4.69) is 20.9 Å². The number of ether oxygens (including phenoxy) is 1. The first-order chi connectivity index (χ1) is 13.8. The van der Waals surface area contributed by atoms with Gasteiger partial charge in [0.2, 0.25) is 11.8 Å². The molecule has 2 fully saturated rings. The largest absolute Gasteiger partial charge is 0.481 e. The van der Waals surface area contributed by atoms with Crippen molar-refractivity contribution in [2.24, 2.45) is 5.92 Å². The van der Waals surface area contributed by atoms with Crippen LogP contribution < -0.4 is 20.7 Å². The molecule has 2 heterocycles. The number of aromatic nitrogens is 1. The van der Waals surface area contributed by atoms with Crippen molar-refractivity contribution < 1.29 is 27.1 Å². The van der Waals surface area contributed by atoms with Gasteiger partial charge in [0.05, 0.1) is 19.1 Å². The molecule has 3 N–H and O–H groups in total. The van der Waals surface area contributed by atoms with Crippen molar-refractivity contribution in [3.63, 3.8) is 0 Å². The summed E-state index contributed by atoms with van der Waals surface area (Å²) in [5.41, 5.74) is 0.391. The number of hydrogen-bond donors (Lipinski definition) is 3. The predicted molar refractivity (Wildman–Crippen MR) is 99.0 cm³/mol. The van der Waals surface area contributed by atoms with Crippen LogP contribution in [0, 0.1) is 11.7 Å². The van der Waals surface area contributed by atoms with Gasteiger partial charge in [-0.2, -0.15) is 18.2 Å². The molecule has 10 heteroatoms. The lowest BCUT2D eigenvalue weighted by molar-refractivity contribution is -0.182. The van der Waals surface area contributed by atoms with E-state index in [1.165, 1.54) is 13.2 Å². The highest BCUT2D eigenvalue weighted by Gasteiger charge is 2.41. The number of pyridine rings is 1. The minimum atomic E-state index is -4.18. The molecule has 6 nitrogen and oxygen atoms in total. The molecule has 162 valence electrons. The van der Waals surface area contributed by atoms with Crippen molar-refractivity contribution in [3.8, 4) is 5.88 Å². The molecule has 1 aliphatic heterocycles. The Kier molecular flexibility index (Phi) is 6.81. The average molecular weight is 418 g/mol. The summed E-state index contributed by atoms with van der Waals surface area (Å²) in [5, 5.41) is 8.74. The fourth-order valence-electron chi connectivity index (χ4n) is 3.89. The number of nitrogens with one attached hydrogen (secondary N) is 3. The molecule has 0 bridgehead atoms. The van der Waals surface area contributed by atoms with Crippen LogP contribution in [0.15, 0.2) is 6.07 Å². The van der Waals surface area contributed by atoms with E-state index in [9.17, 15) is 22.4 Å². The lowest BCUT2D eigenvalue weighted by Crippen LogP contribution is -2.40. The third-order valence-corrected chi connectivity index (χ3v) is 5.57. The van der Waals surface area contributed by atoms with Crippen molar-refractivity contribution in [2.75, 3.05) is 19.0 Å². The standard InChI is InChI=1S/C19H26F4N4O2/c1-29-18-11(10-25-17(28)15-3-2-8-24-15)9-14(20)16(27-18)26-13-6-4-12(5-7-13)19(21,22)23/h9,12-13,15,24H,2-8,10H2,1H3,(H,25,28)(H,26,27)/t12?,13?,15-/m0/s1. The maximum Gasteiger partial charge on any atom is 0.391 e. The number of carbonyl (C=O) groups excluding carboxylic acids is 1. The Labute approximate surface area is 166 Å². The number of hydrogen-bond acceptors (Lipinski definition) is 5. The number of rotatable bonds is 6. The SMILES string of the molecule is COc1nc(NC2CCC(C(F)(F)F)CC2)c(F)cc1CNC(=O)[C@@H]1CCCN1. The maximum atomic E-state index is 14.5. The van der Waals surface area contributed by atoms with Gasteiger partial charge < -0.3 is 20.7 Å².